The Kier molecular flexibility index (Phi) is 10.2. The molecule has 1 fully saturated rings. The zero-order chi connectivity index (χ0) is 16.7. The lowest BCUT2D eigenvalue weighted by Crippen LogP contribution is -2.45. The van der Waals surface area contributed by atoms with E-state index in [2.05, 4.69) is 53.4 Å². The van der Waals surface area contributed by atoms with Crippen LogP contribution in [0.1, 0.15) is 43.4 Å². The number of rotatable bonds is 6. The summed E-state index contributed by atoms with van der Waals surface area (Å²) < 4.78 is 0. The van der Waals surface area contributed by atoms with Gasteiger partial charge in [-0.05, 0) is 57.7 Å². The molecule has 0 bridgehead atoms. The quantitative estimate of drug-likeness (QED) is 0.383. The van der Waals surface area contributed by atoms with Gasteiger partial charge >= 0.3 is 0 Å². The molecule has 1 aliphatic heterocycles. The zero-order valence-electron chi connectivity index (χ0n) is 15.5. The first-order valence-electron chi connectivity index (χ1n) is 8.88. The molecule has 0 aromatic carbocycles. The van der Waals surface area contributed by atoms with Crippen molar-refractivity contribution in [2.45, 2.75) is 52.6 Å². The van der Waals surface area contributed by atoms with E-state index in [0.29, 0.717) is 6.04 Å². The molecule has 1 atom stereocenters. The van der Waals surface area contributed by atoms with Crippen LogP contribution in [-0.2, 0) is 13.0 Å². The Labute approximate surface area is 168 Å². The van der Waals surface area contributed by atoms with Crippen LogP contribution in [0.15, 0.2) is 17.1 Å². The van der Waals surface area contributed by atoms with Gasteiger partial charge in [-0.3, -0.25) is 4.99 Å². The number of aryl methyl sites for hydroxylation is 1. The smallest absolute Gasteiger partial charge is 0.191 e. The van der Waals surface area contributed by atoms with Crippen LogP contribution in [0, 0.1) is 5.92 Å². The van der Waals surface area contributed by atoms with Crippen molar-refractivity contribution in [3.63, 3.8) is 0 Å². The number of likely N-dealkylation sites (tertiary alicyclic amines) is 1. The number of hydrogen-bond donors (Lipinski definition) is 2. The van der Waals surface area contributed by atoms with Gasteiger partial charge < -0.3 is 15.5 Å². The second-order valence-corrected chi connectivity index (χ2v) is 7.88. The Bertz CT molecular complexity index is 501. The fraction of sp³-hybridized carbons (Fsp3) is 0.722. The van der Waals surface area contributed by atoms with E-state index >= 15 is 0 Å². The molecular weight excluding hydrogens is 431 g/mol. The molecule has 2 N–H and O–H groups in total. The third-order valence-corrected chi connectivity index (χ3v) is 5.79. The highest BCUT2D eigenvalue weighted by atomic mass is 127. The molecule has 6 heteroatoms. The summed E-state index contributed by atoms with van der Waals surface area (Å²) in [5.41, 5.74) is 0. The molecule has 138 valence electrons. The standard InChI is InChI=1S/C18H32N4S.HI/c1-5-16-8-9-17(23-16)12-21-18(19-4)20-11-15-7-6-10-22(13-15)14(2)3;/h8-9,14-15H,5-7,10-13H2,1-4H3,(H2,19,20,21);1H. The Hall–Kier alpha value is -0.340. The summed E-state index contributed by atoms with van der Waals surface area (Å²) >= 11 is 1.88. The molecule has 24 heavy (non-hydrogen) atoms. The van der Waals surface area contributed by atoms with E-state index in [9.17, 15) is 0 Å². The maximum atomic E-state index is 4.35. The average Bonchev–Trinajstić information content (AvgIpc) is 3.03. The molecule has 0 spiro atoms. The Morgan fingerprint density at radius 3 is 2.71 bits per heavy atom. The number of aliphatic imine (C=N–C) groups is 1. The van der Waals surface area contributed by atoms with Crippen molar-refractivity contribution in [3.05, 3.63) is 21.9 Å². The number of guanidine groups is 1. The van der Waals surface area contributed by atoms with Gasteiger partial charge in [-0.2, -0.15) is 0 Å². The maximum Gasteiger partial charge on any atom is 0.191 e. The third-order valence-electron chi connectivity index (χ3n) is 4.56. The number of nitrogens with zero attached hydrogens (tertiary/aromatic N) is 2. The molecule has 0 radical (unpaired) electrons. The fourth-order valence-electron chi connectivity index (χ4n) is 3.07. The van der Waals surface area contributed by atoms with Gasteiger partial charge in [-0.15, -0.1) is 35.3 Å². The molecular formula is C18H33IN4S. The minimum absolute atomic E-state index is 0. The van der Waals surface area contributed by atoms with E-state index in [4.69, 9.17) is 0 Å². The van der Waals surface area contributed by atoms with E-state index in [0.717, 1.165) is 31.4 Å². The molecule has 0 aliphatic carbocycles. The number of thiophene rings is 1. The SMILES string of the molecule is CCc1ccc(CNC(=NC)NCC2CCCN(C(C)C)C2)s1.I. The number of halogens is 1. The number of nitrogens with one attached hydrogen (secondary N) is 2. The molecule has 0 amide bonds. The van der Waals surface area contributed by atoms with Crippen molar-refractivity contribution in [3.8, 4) is 0 Å². The van der Waals surface area contributed by atoms with Crippen molar-refractivity contribution in [1.29, 1.82) is 0 Å². The summed E-state index contributed by atoms with van der Waals surface area (Å²) in [5.74, 6) is 1.64. The van der Waals surface area contributed by atoms with Crippen molar-refractivity contribution in [2.75, 3.05) is 26.7 Å². The predicted octanol–water partition coefficient (Wildman–Crippen LogP) is 3.71. The van der Waals surface area contributed by atoms with Gasteiger partial charge in [0.1, 0.15) is 0 Å². The summed E-state index contributed by atoms with van der Waals surface area (Å²) in [4.78, 5) is 9.76. The van der Waals surface area contributed by atoms with Crippen molar-refractivity contribution < 1.29 is 0 Å². The van der Waals surface area contributed by atoms with Crippen molar-refractivity contribution >= 4 is 41.3 Å². The summed E-state index contributed by atoms with van der Waals surface area (Å²) in [6.07, 6.45) is 3.75. The van der Waals surface area contributed by atoms with E-state index in [1.165, 1.54) is 35.7 Å². The lowest BCUT2D eigenvalue weighted by molar-refractivity contribution is 0.141. The van der Waals surface area contributed by atoms with Gasteiger partial charge in [0.05, 0.1) is 6.54 Å². The van der Waals surface area contributed by atoms with Gasteiger partial charge in [0.2, 0.25) is 0 Å². The monoisotopic (exact) mass is 464 g/mol. The molecule has 1 unspecified atom stereocenters. The van der Waals surface area contributed by atoms with Crippen molar-refractivity contribution in [2.24, 2.45) is 10.9 Å². The largest absolute Gasteiger partial charge is 0.356 e. The maximum absolute atomic E-state index is 4.35. The minimum Gasteiger partial charge on any atom is -0.356 e. The molecule has 2 heterocycles. The van der Waals surface area contributed by atoms with Gasteiger partial charge in [0.15, 0.2) is 5.96 Å². The molecule has 2 rings (SSSR count). The van der Waals surface area contributed by atoms with Crippen LogP contribution in [0.2, 0.25) is 0 Å². The predicted molar refractivity (Wildman–Crippen MR) is 117 cm³/mol. The van der Waals surface area contributed by atoms with Crippen LogP contribution in [-0.4, -0.2) is 43.6 Å². The summed E-state index contributed by atoms with van der Waals surface area (Å²) in [6.45, 7) is 11.1. The number of hydrogen-bond acceptors (Lipinski definition) is 3. The Morgan fingerprint density at radius 1 is 1.33 bits per heavy atom. The number of piperidine rings is 1. The topological polar surface area (TPSA) is 39.7 Å². The Morgan fingerprint density at radius 2 is 2.08 bits per heavy atom. The van der Waals surface area contributed by atoms with Crippen LogP contribution < -0.4 is 10.6 Å². The van der Waals surface area contributed by atoms with E-state index in [-0.39, 0.29) is 24.0 Å². The lowest BCUT2D eigenvalue weighted by Gasteiger charge is -2.35. The normalized spacial score (nSPS) is 19.2. The molecule has 1 aromatic heterocycles. The van der Waals surface area contributed by atoms with Crippen LogP contribution in [0.4, 0.5) is 0 Å². The molecule has 1 saturated heterocycles. The second kappa shape index (κ2) is 11.3. The van der Waals surface area contributed by atoms with E-state index < -0.39 is 0 Å². The first-order chi connectivity index (χ1) is 11.1. The first-order valence-corrected chi connectivity index (χ1v) is 9.70. The summed E-state index contributed by atoms with van der Waals surface area (Å²) in [7, 11) is 1.85. The fourth-order valence-corrected chi connectivity index (χ4v) is 3.97. The van der Waals surface area contributed by atoms with Gasteiger partial charge in [0.25, 0.3) is 0 Å². The summed E-state index contributed by atoms with van der Waals surface area (Å²) in [5, 5.41) is 6.94. The molecule has 1 aromatic rings. The molecule has 0 saturated carbocycles. The Balaban J connectivity index is 0.00000288. The highest BCUT2D eigenvalue weighted by Gasteiger charge is 2.21. The van der Waals surface area contributed by atoms with Crippen LogP contribution >= 0.6 is 35.3 Å². The summed E-state index contributed by atoms with van der Waals surface area (Å²) in [6, 6.07) is 5.09. The highest BCUT2D eigenvalue weighted by Crippen LogP contribution is 2.18. The molecule has 1 aliphatic rings. The third kappa shape index (κ3) is 6.88. The average molecular weight is 464 g/mol. The van der Waals surface area contributed by atoms with Gasteiger partial charge in [-0.1, -0.05) is 6.92 Å². The minimum atomic E-state index is 0. The van der Waals surface area contributed by atoms with Crippen LogP contribution in [0.25, 0.3) is 0 Å². The van der Waals surface area contributed by atoms with Crippen LogP contribution in [0.5, 0.6) is 0 Å². The van der Waals surface area contributed by atoms with E-state index in [1.807, 2.05) is 18.4 Å². The zero-order valence-corrected chi connectivity index (χ0v) is 18.6. The van der Waals surface area contributed by atoms with Gasteiger partial charge in [-0.25, -0.2) is 0 Å². The highest BCUT2D eigenvalue weighted by molar-refractivity contribution is 14.0. The van der Waals surface area contributed by atoms with Gasteiger partial charge in [0, 0.05) is 35.9 Å². The van der Waals surface area contributed by atoms with Crippen LogP contribution in [0.3, 0.4) is 0 Å². The first kappa shape index (κ1) is 21.7. The van der Waals surface area contributed by atoms with Crippen molar-refractivity contribution in [1.82, 2.24) is 15.5 Å². The second-order valence-electron chi connectivity index (χ2n) is 6.63. The molecule has 4 nitrogen and oxygen atoms in total. The lowest BCUT2D eigenvalue weighted by atomic mass is 9.97. The van der Waals surface area contributed by atoms with E-state index in [1.54, 1.807) is 0 Å².